The number of nitrogens with one attached hydrogen (secondary N) is 2. The van der Waals surface area contributed by atoms with Crippen molar-refractivity contribution in [2.24, 2.45) is 0 Å². The van der Waals surface area contributed by atoms with Gasteiger partial charge in [-0.2, -0.15) is 0 Å². The van der Waals surface area contributed by atoms with E-state index in [1.165, 1.54) is 6.07 Å². The zero-order valence-electron chi connectivity index (χ0n) is 17.4. The van der Waals surface area contributed by atoms with Crippen LogP contribution in [0.15, 0.2) is 69.9 Å². The summed E-state index contributed by atoms with van der Waals surface area (Å²) in [5, 5.41) is 3.26. The lowest BCUT2D eigenvalue weighted by atomic mass is 10.1. The van der Waals surface area contributed by atoms with Crippen LogP contribution < -0.4 is 15.7 Å². The van der Waals surface area contributed by atoms with Gasteiger partial charge in [0, 0.05) is 16.5 Å². The SMILES string of the molecule is CCOC(=O)c1cc(NC(=O)c2ccccc2)c(=O)oc1-c1cc2c(OC)cccc2[nH]1. The quantitative estimate of drug-likeness (QED) is 0.441. The molecule has 2 N–H and O–H groups in total. The summed E-state index contributed by atoms with van der Waals surface area (Å²) in [7, 11) is 1.55. The number of fused-ring (bicyclic) bond motifs is 1. The van der Waals surface area contributed by atoms with Crippen LogP contribution in [0, 0.1) is 0 Å². The van der Waals surface area contributed by atoms with Crippen molar-refractivity contribution in [1.29, 1.82) is 0 Å². The summed E-state index contributed by atoms with van der Waals surface area (Å²) in [4.78, 5) is 41.0. The third-order valence-electron chi connectivity index (χ3n) is 4.82. The van der Waals surface area contributed by atoms with E-state index in [9.17, 15) is 14.4 Å². The smallest absolute Gasteiger partial charge is 0.360 e. The number of ether oxygens (including phenoxy) is 2. The zero-order valence-corrected chi connectivity index (χ0v) is 17.4. The topological polar surface area (TPSA) is 111 Å². The summed E-state index contributed by atoms with van der Waals surface area (Å²) in [5.41, 5.74) is 0.517. The lowest BCUT2D eigenvalue weighted by Crippen LogP contribution is -2.20. The van der Waals surface area contributed by atoms with Gasteiger partial charge in [0.15, 0.2) is 5.76 Å². The van der Waals surface area contributed by atoms with Crippen molar-refractivity contribution in [2.45, 2.75) is 6.92 Å². The molecule has 1 amide bonds. The summed E-state index contributed by atoms with van der Waals surface area (Å²) < 4.78 is 16.0. The Morgan fingerprint density at radius 2 is 1.84 bits per heavy atom. The molecule has 32 heavy (non-hydrogen) atoms. The minimum Gasteiger partial charge on any atom is -0.496 e. The summed E-state index contributed by atoms with van der Waals surface area (Å²) >= 11 is 0. The van der Waals surface area contributed by atoms with Gasteiger partial charge in [-0.05, 0) is 43.3 Å². The van der Waals surface area contributed by atoms with Gasteiger partial charge in [-0.1, -0.05) is 24.3 Å². The molecular weight excluding hydrogens is 412 g/mol. The zero-order chi connectivity index (χ0) is 22.7. The number of benzene rings is 2. The fraction of sp³-hybridized carbons (Fsp3) is 0.125. The molecule has 8 nitrogen and oxygen atoms in total. The number of rotatable bonds is 6. The number of carbonyl (C=O) groups excluding carboxylic acids is 2. The minimum atomic E-state index is -0.803. The van der Waals surface area contributed by atoms with Gasteiger partial charge >= 0.3 is 11.6 Å². The van der Waals surface area contributed by atoms with Crippen LogP contribution in [-0.4, -0.2) is 30.6 Å². The second-order valence-electron chi connectivity index (χ2n) is 6.84. The average Bonchev–Trinajstić information content (AvgIpc) is 3.25. The molecule has 4 aromatic rings. The van der Waals surface area contributed by atoms with Crippen LogP contribution in [0.5, 0.6) is 5.75 Å². The van der Waals surface area contributed by atoms with Crippen molar-refractivity contribution < 1.29 is 23.5 Å². The first-order valence-corrected chi connectivity index (χ1v) is 9.89. The molecule has 0 spiro atoms. The normalized spacial score (nSPS) is 10.7. The highest BCUT2D eigenvalue weighted by Gasteiger charge is 2.23. The predicted molar refractivity (Wildman–Crippen MR) is 119 cm³/mol. The largest absolute Gasteiger partial charge is 0.496 e. The van der Waals surface area contributed by atoms with Gasteiger partial charge in [0.1, 0.15) is 17.0 Å². The predicted octanol–water partition coefficient (Wildman–Crippen LogP) is 4.23. The van der Waals surface area contributed by atoms with E-state index in [1.807, 2.05) is 12.1 Å². The Kier molecular flexibility index (Phi) is 5.76. The summed E-state index contributed by atoms with van der Waals surface area (Å²) in [6.07, 6.45) is 0. The molecule has 0 aliphatic rings. The number of methoxy groups -OCH3 is 1. The van der Waals surface area contributed by atoms with E-state index in [4.69, 9.17) is 13.9 Å². The van der Waals surface area contributed by atoms with E-state index in [0.717, 1.165) is 10.9 Å². The highest BCUT2D eigenvalue weighted by molar-refractivity contribution is 6.05. The van der Waals surface area contributed by atoms with E-state index in [0.29, 0.717) is 17.0 Å². The minimum absolute atomic E-state index is 0.000310. The van der Waals surface area contributed by atoms with Gasteiger partial charge in [-0.25, -0.2) is 9.59 Å². The maximum atomic E-state index is 12.7. The first kappa shape index (κ1) is 20.9. The molecule has 0 saturated carbocycles. The van der Waals surface area contributed by atoms with Crippen LogP contribution in [0.2, 0.25) is 0 Å². The third kappa shape index (κ3) is 3.98. The molecule has 0 bridgehead atoms. The Balaban J connectivity index is 1.81. The van der Waals surface area contributed by atoms with Gasteiger partial charge in [-0.15, -0.1) is 0 Å². The van der Waals surface area contributed by atoms with Gasteiger partial charge < -0.3 is 24.2 Å². The number of carbonyl (C=O) groups is 2. The Hall–Kier alpha value is -4.33. The lowest BCUT2D eigenvalue weighted by molar-refractivity contribution is 0.0524. The van der Waals surface area contributed by atoms with Gasteiger partial charge in [-0.3, -0.25) is 4.79 Å². The van der Waals surface area contributed by atoms with Crippen LogP contribution in [0.25, 0.3) is 22.4 Å². The van der Waals surface area contributed by atoms with Gasteiger partial charge in [0.05, 0.1) is 19.4 Å². The number of H-pyrrole nitrogens is 1. The Labute approximate surface area is 182 Å². The second-order valence-corrected chi connectivity index (χ2v) is 6.84. The fourth-order valence-corrected chi connectivity index (χ4v) is 3.33. The number of aromatic amines is 1. The van der Waals surface area contributed by atoms with E-state index < -0.39 is 17.5 Å². The molecule has 2 aromatic heterocycles. The van der Waals surface area contributed by atoms with Crippen molar-refractivity contribution in [3.8, 4) is 17.2 Å². The fourth-order valence-electron chi connectivity index (χ4n) is 3.33. The molecule has 0 aliphatic carbocycles. The van der Waals surface area contributed by atoms with Crippen molar-refractivity contribution in [3.63, 3.8) is 0 Å². The highest BCUT2D eigenvalue weighted by Crippen LogP contribution is 2.32. The standard InChI is InChI=1S/C24H20N2O6/c1-3-31-23(28)16-13-19(26-22(27)14-8-5-4-6-9-14)24(29)32-21(16)18-12-15-17(25-18)10-7-11-20(15)30-2/h4-13,25H,3H2,1-2H3,(H,26,27). The Morgan fingerprint density at radius 1 is 1.06 bits per heavy atom. The Bertz CT molecular complexity index is 1350. The average molecular weight is 432 g/mol. The molecule has 4 rings (SSSR count). The third-order valence-corrected chi connectivity index (χ3v) is 4.82. The first-order valence-electron chi connectivity index (χ1n) is 9.89. The molecule has 0 radical (unpaired) electrons. The van der Waals surface area contributed by atoms with E-state index in [-0.39, 0.29) is 23.6 Å². The van der Waals surface area contributed by atoms with E-state index in [1.54, 1.807) is 56.5 Å². The molecule has 0 fully saturated rings. The number of hydrogen-bond acceptors (Lipinski definition) is 6. The van der Waals surface area contributed by atoms with Crippen LogP contribution in [-0.2, 0) is 4.74 Å². The van der Waals surface area contributed by atoms with Gasteiger partial charge in [0.25, 0.3) is 5.91 Å². The summed E-state index contributed by atoms with van der Waals surface area (Å²) in [6.45, 7) is 1.80. The number of amides is 1. The van der Waals surface area contributed by atoms with Crippen molar-refractivity contribution in [2.75, 3.05) is 19.0 Å². The van der Waals surface area contributed by atoms with Gasteiger partial charge in [0.2, 0.25) is 0 Å². The number of hydrogen-bond donors (Lipinski definition) is 2. The van der Waals surface area contributed by atoms with Crippen LogP contribution >= 0.6 is 0 Å². The van der Waals surface area contributed by atoms with Crippen molar-refractivity contribution in [1.82, 2.24) is 4.98 Å². The molecule has 0 aliphatic heterocycles. The highest BCUT2D eigenvalue weighted by atomic mass is 16.5. The van der Waals surface area contributed by atoms with E-state index >= 15 is 0 Å². The van der Waals surface area contributed by atoms with Crippen LogP contribution in [0.4, 0.5) is 5.69 Å². The number of esters is 1. The maximum Gasteiger partial charge on any atom is 0.360 e. The molecule has 2 heterocycles. The van der Waals surface area contributed by atoms with Crippen molar-refractivity contribution in [3.05, 3.63) is 82.2 Å². The summed E-state index contributed by atoms with van der Waals surface area (Å²) in [5.74, 6) is -0.566. The molecular formula is C24H20N2O6. The van der Waals surface area contributed by atoms with E-state index in [2.05, 4.69) is 10.3 Å². The lowest BCUT2D eigenvalue weighted by Gasteiger charge is -2.09. The number of aromatic nitrogens is 1. The first-order chi connectivity index (χ1) is 15.5. The summed E-state index contributed by atoms with van der Waals surface area (Å²) in [6, 6.07) is 16.8. The molecule has 8 heteroatoms. The Morgan fingerprint density at radius 3 is 2.56 bits per heavy atom. The maximum absolute atomic E-state index is 12.7. The molecule has 0 saturated heterocycles. The monoisotopic (exact) mass is 432 g/mol. The number of anilines is 1. The van der Waals surface area contributed by atoms with Crippen molar-refractivity contribution >= 4 is 28.5 Å². The molecule has 162 valence electrons. The van der Waals surface area contributed by atoms with Crippen LogP contribution in [0.3, 0.4) is 0 Å². The molecule has 0 unspecified atom stereocenters. The second kappa shape index (κ2) is 8.81. The molecule has 0 atom stereocenters. The van der Waals surface area contributed by atoms with Crippen LogP contribution in [0.1, 0.15) is 27.6 Å². The molecule has 2 aromatic carbocycles.